The van der Waals surface area contributed by atoms with Crippen LogP contribution in [0.5, 0.6) is 5.75 Å². The van der Waals surface area contributed by atoms with Gasteiger partial charge in [0.25, 0.3) is 0 Å². The summed E-state index contributed by atoms with van der Waals surface area (Å²) in [6.07, 6.45) is 6.09. The second-order valence-electron chi connectivity index (χ2n) is 8.70. The summed E-state index contributed by atoms with van der Waals surface area (Å²) in [6, 6.07) is 26.7. The fraction of sp³-hybridized carbons (Fsp3) is 0.133. The second-order valence-corrected chi connectivity index (χ2v) is 8.70. The number of rotatable bonds is 3. The zero-order valence-electron chi connectivity index (χ0n) is 18.3. The van der Waals surface area contributed by atoms with Gasteiger partial charge in [0.15, 0.2) is 11.6 Å². The summed E-state index contributed by atoms with van der Waals surface area (Å²) >= 11 is 0. The van der Waals surface area contributed by atoms with Gasteiger partial charge in [0.1, 0.15) is 23.7 Å². The van der Waals surface area contributed by atoms with Crippen LogP contribution in [0.3, 0.4) is 0 Å². The predicted molar refractivity (Wildman–Crippen MR) is 129 cm³/mol. The molecule has 0 amide bonds. The van der Waals surface area contributed by atoms with Gasteiger partial charge in [0.2, 0.25) is 0 Å². The van der Waals surface area contributed by atoms with E-state index < -0.39 is 18.1 Å². The van der Waals surface area contributed by atoms with Crippen LogP contribution in [0.1, 0.15) is 27.6 Å². The van der Waals surface area contributed by atoms with Crippen LogP contribution in [-0.2, 0) is 9.53 Å². The van der Waals surface area contributed by atoms with Crippen molar-refractivity contribution in [2.24, 2.45) is 11.8 Å². The highest BCUT2D eigenvalue weighted by Crippen LogP contribution is 2.47. The fourth-order valence-corrected chi connectivity index (χ4v) is 5.08. The van der Waals surface area contributed by atoms with E-state index in [-0.39, 0.29) is 17.5 Å². The molecular formula is C30H22O4. The molecule has 3 aromatic carbocycles. The minimum atomic E-state index is -0.577. The van der Waals surface area contributed by atoms with E-state index in [4.69, 9.17) is 9.47 Å². The number of carbonyl (C=O) groups excluding carboxylic acids is 2. The van der Waals surface area contributed by atoms with Crippen LogP contribution in [0.4, 0.5) is 0 Å². The average Bonchev–Trinajstić information content (AvgIpc) is 2.89. The summed E-state index contributed by atoms with van der Waals surface area (Å²) in [6.45, 7) is 0. The predicted octanol–water partition coefficient (Wildman–Crippen LogP) is 5.74. The first-order valence-electron chi connectivity index (χ1n) is 11.4. The number of Topliss-reactive ketones (excluding diaryl/α,β-unsaturated/α-hetero) is 1. The summed E-state index contributed by atoms with van der Waals surface area (Å²) in [5, 5.41) is 0. The molecule has 0 fully saturated rings. The molecule has 4 unspecified atom stereocenters. The third-order valence-corrected chi connectivity index (χ3v) is 6.70. The number of hydrogen-bond donors (Lipinski definition) is 0. The molecule has 0 saturated heterocycles. The molecule has 4 atom stereocenters. The Balaban J connectivity index is 1.44. The smallest absolute Gasteiger partial charge is 0.189 e. The Hall–Kier alpha value is -4.18. The molecule has 34 heavy (non-hydrogen) atoms. The van der Waals surface area contributed by atoms with Gasteiger partial charge < -0.3 is 9.47 Å². The van der Waals surface area contributed by atoms with Crippen molar-refractivity contribution in [3.63, 3.8) is 0 Å². The summed E-state index contributed by atoms with van der Waals surface area (Å²) in [7, 11) is 0. The minimum Gasteiger partial charge on any atom is -0.484 e. The lowest BCUT2D eigenvalue weighted by atomic mass is 9.71. The van der Waals surface area contributed by atoms with E-state index in [0.29, 0.717) is 22.6 Å². The lowest BCUT2D eigenvalue weighted by Gasteiger charge is -2.41. The Labute approximate surface area is 197 Å². The first-order chi connectivity index (χ1) is 16.7. The molecule has 4 nitrogen and oxygen atoms in total. The summed E-state index contributed by atoms with van der Waals surface area (Å²) in [4.78, 5) is 27.0. The van der Waals surface area contributed by atoms with Gasteiger partial charge in [-0.1, -0.05) is 91.0 Å². The average molecular weight is 447 g/mol. The third kappa shape index (κ3) is 3.39. The monoisotopic (exact) mass is 446 g/mol. The topological polar surface area (TPSA) is 52.6 Å². The van der Waals surface area contributed by atoms with Crippen molar-refractivity contribution in [2.75, 3.05) is 0 Å². The highest BCUT2D eigenvalue weighted by atomic mass is 16.5. The van der Waals surface area contributed by atoms with Crippen LogP contribution >= 0.6 is 0 Å². The Morgan fingerprint density at radius 3 is 2.21 bits per heavy atom. The molecule has 0 bridgehead atoms. The van der Waals surface area contributed by atoms with Crippen LogP contribution < -0.4 is 4.74 Å². The van der Waals surface area contributed by atoms with Crippen molar-refractivity contribution in [2.45, 2.75) is 12.2 Å². The van der Waals surface area contributed by atoms with Gasteiger partial charge in [0.05, 0.1) is 11.5 Å². The van der Waals surface area contributed by atoms with Crippen molar-refractivity contribution >= 4 is 17.3 Å². The Bertz CT molecular complexity index is 1350. The number of fused-ring (bicyclic) bond motifs is 2. The van der Waals surface area contributed by atoms with E-state index >= 15 is 0 Å². The van der Waals surface area contributed by atoms with E-state index in [9.17, 15) is 9.59 Å². The van der Waals surface area contributed by atoms with Gasteiger partial charge in [-0.25, -0.2) is 0 Å². The number of carbonyl (C=O) groups is 2. The lowest BCUT2D eigenvalue weighted by Crippen LogP contribution is -2.44. The number of para-hydroxylation sites is 1. The zero-order chi connectivity index (χ0) is 23.1. The fourth-order valence-electron chi connectivity index (χ4n) is 5.08. The SMILES string of the molecule is O=C1C=C(c2ccccc2)OC2C1=CC=CC2C1C(=O)c2ccccc2OC1c1ccccc1. The standard InChI is InChI=1S/C30H22O4/c31-24-18-26(19-10-3-1-4-11-19)34-30-21(24)15-9-16-23(30)27-28(32)22-14-7-8-17-25(22)33-29(27)20-12-5-2-6-13-20/h1-18,23,27,29-30H. The molecule has 6 rings (SSSR count). The quantitative estimate of drug-likeness (QED) is 0.515. The number of ketones is 2. The highest BCUT2D eigenvalue weighted by molar-refractivity contribution is 6.10. The van der Waals surface area contributed by atoms with Gasteiger partial charge in [0, 0.05) is 23.1 Å². The Morgan fingerprint density at radius 1 is 0.706 bits per heavy atom. The van der Waals surface area contributed by atoms with Crippen molar-refractivity contribution in [3.05, 3.63) is 131 Å². The van der Waals surface area contributed by atoms with Crippen molar-refractivity contribution in [1.29, 1.82) is 0 Å². The number of benzene rings is 3. The molecule has 3 aromatic rings. The van der Waals surface area contributed by atoms with Gasteiger partial charge in [-0.05, 0) is 17.7 Å². The van der Waals surface area contributed by atoms with Crippen LogP contribution in [0, 0.1) is 11.8 Å². The number of ether oxygens (including phenoxy) is 2. The third-order valence-electron chi connectivity index (χ3n) is 6.70. The molecule has 2 heterocycles. The van der Waals surface area contributed by atoms with Crippen LogP contribution in [0.25, 0.3) is 5.76 Å². The summed E-state index contributed by atoms with van der Waals surface area (Å²) in [5.41, 5.74) is 2.87. The lowest BCUT2D eigenvalue weighted by molar-refractivity contribution is -0.113. The molecule has 0 N–H and O–H groups in total. The number of hydrogen-bond acceptors (Lipinski definition) is 4. The van der Waals surface area contributed by atoms with E-state index in [1.54, 1.807) is 12.1 Å². The molecule has 0 saturated carbocycles. The summed E-state index contributed by atoms with van der Waals surface area (Å²) < 4.78 is 12.9. The largest absolute Gasteiger partial charge is 0.484 e. The minimum absolute atomic E-state index is 0.00142. The van der Waals surface area contributed by atoms with Crippen molar-refractivity contribution < 1.29 is 19.1 Å². The highest BCUT2D eigenvalue weighted by Gasteiger charge is 2.48. The van der Waals surface area contributed by atoms with E-state index in [1.807, 2.05) is 91.0 Å². The van der Waals surface area contributed by atoms with Gasteiger partial charge in [-0.15, -0.1) is 0 Å². The maximum Gasteiger partial charge on any atom is 0.189 e. The second kappa shape index (κ2) is 8.31. The zero-order valence-corrected chi connectivity index (χ0v) is 18.3. The van der Waals surface area contributed by atoms with Gasteiger partial charge in [-0.3, -0.25) is 9.59 Å². The van der Waals surface area contributed by atoms with Gasteiger partial charge >= 0.3 is 0 Å². The maximum atomic E-state index is 13.9. The first kappa shape index (κ1) is 20.4. The molecule has 4 heteroatoms. The Morgan fingerprint density at radius 2 is 1.41 bits per heavy atom. The van der Waals surface area contributed by atoms with Crippen molar-refractivity contribution in [1.82, 2.24) is 0 Å². The van der Waals surface area contributed by atoms with E-state index in [0.717, 1.165) is 11.1 Å². The molecule has 0 radical (unpaired) electrons. The molecule has 166 valence electrons. The van der Waals surface area contributed by atoms with Crippen LogP contribution in [0.15, 0.2) is 115 Å². The molecule has 0 spiro atoms. The molecule has 1 aliphatic carbocycles. The van der Waals surface area contributed by atoms with Crippen LogP contribution in [0.2, 0.25) is 0 Å². The normalized spacial score (nSPS) is 25.3. The van der Waals surface area contributed by atoms with E-state index in [1.165, 1.54) is 6.08 Å². The molecule has 0 aromatic heterocycles. The number of allylic oxidation sites excluding steroid dienone is 3. The van der Waals surface area contributed by atoms with E-state index in [2.05, 4.69) is 0 Å². The molecule has 3 aliphatic rings. The Kier molecular flexibility index (Phi) is 4.99. The first-order valence-corrected chi connectivity index (χ1v) is 11.4. The maximum absolute atomic E-state index is 13.9. The summed E-state index contributed by atoms with van der Waals surface area (Å²) in [5.74, 6) is 0.0870. The van der Waals surface area contributed by atoms with Gasteiger partial charge in [-0.2, -0.15) is 0 Å². The van der Waals surface area contributed by atoms with Crippen LogP contribution in [-0.4, -0.2) is 17.7 Å². The molecule has 2 aliphatic heterocycles. The molecular weight excluding hydrogens is 424 g/mol. The van der Waals surface area contributed by atoms with Crippen molar-refractivity contribution in [3.8, 4) is 5.75 Å².